The van der Waals surface area contributed by atoms with Crippen LogP contribution in [0.5, 0.6) is 5.75 Å². The number of benzene rings is 2. The summed E-state index contributed by atoms with van der Waals surface area (Å²) >= 11 is 0. The van der Waals surface area contributed by atoms with Crippen LogP contribution in [0.4, 0.5) is 0 Å². The zero-order valence-corrected chi connectivity index (χ0v) is 15.5. The van der Waals surface area contributed by atoms with Gasteiger partial charge in [-0.3, -0.25) is 4.79 Å². The molecule has 5 nitrogen and oxygen atoms in total. The number of nitrogens with one attached hydrogen (secondary N) is 1. The summed E-state index contributed by atoms with van der Waals surface area (Å²) in [5.41, 5.74) is 4.37. The van der Waals surface area contributed by atoms with Crippen molar-refractivity contribution in [2.24, 2.45) is 0 Å². The zero-order valence-electron chi connectivity index (χ0n) is 15.5. The zero-order chi connectivity index (χ0) is 18.7. The first kappa shape index (κ1) is 17.7. The van der Waals surface area contributed by atoms with Gasteiger partial charge in [-0.2, -0.15) is 5.10 Å². The van der Waals surface area contributed by atoms with Gasteiger partial charge in [0.25, 0.3) is 5.91 Å². The van der Waals surface area contributed by atoms with Crippen molar-refractivity contribution in [2.75, 3.05) is 7.11 Å². The second-order valence-corrected chi connectivity index (χ2v) is 6.33. The van der Waals surface area contributed by atoms with Crippen molar-refractivity contribution in [3.05, 3.63) is 77.1 Å². The predicted molar refractivity (Wildman–Crippen MR) is 102 cm³/mol. The lowest BCUT2D eigenvalue weighted by Gasteiger charge is -2.18. The molecule has 0 spiro atoms. The Kier molecular flexibility index (Phi) is 5.07. The number of rotatable bonds is 5. The van der Waals surface area contributed by atoms with Gasteiger partial charge in [0, 0.05) is 5.56 Å². The third-order valence-electron chi connectivity index (χ3n) is 4.45. The first-order chi connectivity index (χ1) is 12.5. The van der Waals surface area contributed by atoms with Crippen molar-refractivity contribution in [2.45, 2.75) is 26.8 Å². The molecular formula is C21H23N3O2. The molecule has 134 valence electrons. The van der Waals surface area contributed by atoms with Crippen LogP contribution < -0.4 is 10.1 Å². The molecule has 0 saturated carbocycles. The number of ether oxygens (including phenoxy) is 1. The van der Waals surface area contributed by atoms with Crippen molar-refractivity contribution in [1.82, 2.24) is 15.1 Å². The second kappa shape index (κ2) is 7.44. The lowest BCUT2D eigenvalue weighted by Crippen LogP contribution is -2.27. The summed E-state index contributed by atoms with van der Waals surface area (Å²) in [6.45, 7) is 5.87. The number of aromatic nitrogens is 2. The van der Waals surface area contributed by atoms with Crippen LogP contribution in [-0.2, 0) is 0 Å². The van der Waals surface area contributed by atoms with Gasteiger partial charge >= 0.3 is 0 Å². The quantitative estimate of drug-likeness (QED) is 0.758. The molecule has 2 aromatic carbocycles. The Balaban J connectivity index is 1.83. The summed E-state index contributed by atoms with van der Waals surface area (Å²) in [7, 11) is 1.64. The average molecular weight is 349 g/mol. The van der Waals surface area contributed by atoms with Gasteiger partial charge in [-0.15, -0.1) is 0 Å². The fourth-order valence-electron chi connectivity index (χ4n) is 3.01. The highest BCUT2D eigenvalue weighted by Gasteiger charge is 2.19. The van der Waals surface area contributed by atoms with Crippen LogP contribution >= 0.6 is 0 Å². The number of hydrogen-bond donors (Lipinski definition) is 1. The Bertz CT molecular complexity index is 916. The van der Waals surface area contributed by atoms with E-state index in [1.54, 1.807) is 18.0 Å². The lowest BCUT2D eigenvalue weighted by atomic mass is 10.0. The molecule has 3 aromatic rings. The summed E-state index contributed by atoms with van der Waals surface area (Å²) in [6.07, 6.45) is 1.61. The Hall–Kier alpha value is -3.08. The smallest absolute Gasteiger partial charge is 0.255 e. The topological polar surface area (TPSA) is 56.1 Å². The summed E-state index contributed by atoms with van der Waals surface area (Å²) < 4.78 is 7.20. The largest absolute Gasteiger partial charge is 0.496 e. The van der Waals surface area contributed by atoms with E-state index in [1.165, 1.54) is 0 Å². The van der Waals surface area contributed by atoms with Crippen molar-refractivity contribution in [3.63, 3.8) is 0 Å². The molecule has 1 unspecified atom stereocenters. The molecule has 1 aromatic heterocycles. The van der Waals surface area contributed by atoms with E-state index in [2.05, 4.69) is 10.4 Å². The number of para-hydroxylation sites is 1. The average Bonchev–Trinajstić information content (AvgIpc) is 3.04. The number of nitrogens with zero attached hydrogens (tertiary/aromatic N) is 2. The molecule has 0 aliphatic heterocycles. The van der Waals surface area contributed by atoms with Crippen LogP contribution in [0.1, 0.15) is 40.1 Å². The molecule has 1 amide bonds. The molecule has 26 heavy (non-hydrogen) atoms. The van der Waals surface area contributed by atoms with E-state index in [0.717, 1.165) is 28.3 Å². The van der Waals surface area contributed by atoms with Crippen LogP contribution in [0.3, 0.4) is 0 Å². The third-order valence-corrected chi connectivity index (χ3v) is 4.45. The highest BCUT2D eigenvalue weighted by atomic mass is 16.5. The Morgan fingerprint density at radius 2 is 1.88 bits per heavy atom. The SMILES string of the molecule is COc1ccc(C)cc1C(C)NC(=O)c1cnn(-c2ccccc2)c1C. The molecule has 0 aliphatic carbocycles. The van der Waals surface area contributed by atoms with E-state index in [4.69, 9.17) is 4.74 Å². The van der Waals surface area contributed by atoms with Gasteiger partial charge in [0.05, 0.1) is 36.3 Å². The van der Waals surface area contributed by atoms with Gasteiger partial charge in [0.15, 0.2) is 0 Å². The summed E-state index contributed by atoms with van der Waals surface area (Å²) in [4.78, 5) is 12.8. The van der Waals surface area contributed by atoms with Gasteiger partial charge in [-0.05, 0) is 39.0 Å². The number of carbonyl (C=O) groups is 1. The first-order valence-corrected chi connectivity index (χ1v) is 8.56. The fraction of sp³-hybridized carbons (Fsp3) is 0.238. The highest BCUT2D eigenvalue weighted by Crippen LogP contribution is 2.26. The number of amides is 1. The molecule has 3 rings (SSSR count). The van der Waals surface area contributed by atoms with Crippen molar-refractivity contribution in [1.29, 1.82) is 0 Å². The maximum Gasteiger partial charge on any atom is 0.255 e. The van der Waals surface area contributed by atoms with E-state index in [0.29, 0.717) is 5.56 Å². The molecule has 0 saturated heterocycles. The molecule has 1 N–H and O–H groups in total. The van der Waals surface area contributed by atoms with Crippen molar-refractivity contribution < 1.29 is 9.53 Å². The van der Waals surface area contributed by atoms with Crippen molar-refractivity contribution >= 4 is 5.91 Å². The molecule has 0 radical (unpaired) electrons. The van der Waals surface area contributed by atoms with E-state index < -0.39 is 0 Å². The summed E-state index contributed by atoms with van der Waals surface area (Å²) in [6, 6.07) is 15.5. The maximum absolute atomic E-state index is 12.8. The standard InChI is InChI=1S/C21H23N3O2/c1-14-10-11-20(26-4)18(12-14)15(2)23-21(25)19-13-22-24(16(19)3)17-8-6-5-7-9-17/h5-13,15H,1-4H3,(H,23,25). The van der Waals surface area contributed by atoms with E-state index in [9.17, 15) is 4.79 Å². The minimum atomic E-state index is -0.183. The number of carbonyl (C=O) groups excluding carboxylic acids is 1. The molecule has 0 bridgehead atoms. The monoisotopic (exact) mass is 349 g/mol. The Morgan fingerprint density at radius 1 is 1.15 bits per heavy atom. The normalized spacial score (nSPS) is 11.8. The van der Waals surface area contributed by atoms with Gasteiger partial charge in [0.1, 0.15) is 5.75 Å². The molecule has 0 aliphatic rings. The van der Waals surface area contributed by atoms with Crippen LogP contribution in [0.25, 0.3) is 5.69 Å². The van der Waals surface area contributed by atoms with E-state index >= 15 is 0 Å². The van der Waals surface area contributed by atoms with E-state index in [1.807, 2.05) is 69.3 Å². The van der Waals surface area contributed by atoms with Gasteiger partial charge in [0.2, 0.25) is 0 Å². The van der Waals surface area contributed by atoms with Crippen LogP contribution in [-0.4, -0.2) is 22.8 Å². The molecule has 0 fully saturated rings. The number of hydrogen-bond acceptors (Lipinski definition) is 3. The minimum Gasteiger partial charge on any atom is -0.496 e. The fourth-order valence-corrected chi connectivity index (χ4v) is 3.01. The number of methoxy groups -OCH3 is 1. The van der Waals surface area contributed by atoms with Crippen LogP contribution in [0.2, 0.25) is 0 Å². The van der Waals surface area contributed by atoms with Gasteiger partial charge < -0.3 is 10.1 Å². The van der Waals surface area contributed by atoms with Crippen molar-refractivity contribution in [3.8, 4) is 11.4 Å². The summed E-state index contributed by atoms with van der Waals surface area (Å²) in [5, 5.41) is 7.41. The van der Waals surface area contributed by atoms with Gasteiger partial charge in [-0.25, -0.2) is 4.68 Å². The van der Waals surface area contributed by atoms with Crippen LogP contribution in [0.15, 0.2) is 54.7 Å². The first-order valence-electron chi connectivity index (χ1n) is 8.56. The minimum absolute atomic E-state index is 0.152. The lowest BCUT2D eigenvalue weighted by molar-refractivity contribution is 0.0939. The molecular weight excluding hydrogens is 326 g/mol. The maximum atomic E-state index is 12.8. The number of aryl methyl sites for hydroxylation is 1. The Labute approximate surface area is 153 Å². The molecule has 5 heteroatoms. The molecule has 1 heterocycles. The predicted octanol–water partition coefficient (Wildman–Crippen LogP) is 3.99. The Morgan fingerprint density at radius 3 is 2.58 bits per heavy atom. The second-order valence-electron chi connectivity index (χ2n) is 6.33. The molecule has 1 atom stereocenters. The van der Waals surface area contributed by atoms with Gasteiger partial charge in [-0.1, -0.05) is 35.9 Å². The van der Waals surface area contributed by atoms with E-state index in [-0.39, 0.29) is 11.9 Å². The summed E-state index contributed by atoms with van der Waals surface area (Å²) in [5.74, 6) is 0.612. The van der Waals surface area contributed by atoms with Crippen LogP contribution in [0, 0.1) is 13.8 Å². The highest BCUT2D eigenvalue weighted by molar-refractivity contribution is 5.95. The third kappa shape index (κ3) is 3.47.